The molecule has 1 atom stereocenters. The molecule has 1 unspecified atom stereocenters. The van der Waals surface area contributed by atoms with Gasteiger partial charge in [0, 0.05) is 50.3 Å². The van der Waals surface area contributed by atoms with E-state index in [1.807, 2.05) is 46.8 Å². The zero-order valence-electron chi connectivity index (χ0n) is 17.2. The van der Waals surface area contributed by atoms with E-state index >= 15 is 0 Å². The second-order valence-electron chi connectivity index (χ2n) is 7.53. The number of benzene rings is 1. The highest BCUT2D eigenvalue weighted by Crippen LogP contribution is 2.24. The first-order chi connectivity index (χ1) is 14.6. The Labute approximate surface area is 181 Å². The first kappa shape index (κ1) is 20.5. The van der Waals surface area contributed by atoms with Crippen molar-refractivity contribution in [3.63, 3.8) is 0 Å². The zero-order valence-corrected chi connectivity index (χ0v) is 18.1. The van der Waals surface area contributed by atoms with Crippen LogP contribution in [0.1, 0.15) is 5.69 Å². The number of carbonyl (C=O) groups excluding carboxylic acids is 2. The summed E-state index contributed by atoms with van der Waals surface area (Å²) in [5, 5.41) is 4.66. The van der Waals surface area contributed by atoms with Gasteiger partial charge in [-0.1, -0.05) is 24.8 Å². The van der Waals surface area contributed by atoms with Crippen LogP contribution in [0, 0.1) is 6.92 Å². The number of anilines is 1. The summed E-state index contributed by atoms with van der Waals surface area (Å²) in [6, 6.07) is 11.8. The summed E-state index contributed by atoms with van der Waals surface area (Å²) in [4.78, 5) is 31.2. The Bertz CT molecular complexity index is 921. The number of hydrogen-bond acceptors (Lipinski definition) is 5. The molecule has 4 rings (SSSR count). The predicted octanol–water partition coefficient (Wildman–Crippen LogP) is 1.96. The largest absolute Gasteiger partial charge is 0.353 e. The Hall–Kier alpha value is -2.74. The van der Waals surface area contributed by atoms with Gasteiger partial charge in [-0.15, -0.1) is 0 Å². The van der Waals surface area contributed by atoms with Crippen molar-refractivity contribution in [1.82, 2.24) is 19.6 Å². The third kappa shape index (κ3) is 4.09. The molecule has 1 aromatic carbocycles. The SMILES string of the molecule is C=CC(=O)N1CCSCC1C(=O)N1CCN(c2cc(C)nn2-c2ccccc2)CC1. The van der Waals surface area contributed by atoms with Crippen LogP contribution in [0.5, 0.6) is 0 Å². The molecule has 8 heteroatoms. The molecule has 2 fully saturated rings. The average Bonchev–Trinajstić information content (AvgIpc) is 3.20. The molecule has 1 aromatic heterocycles. The Morgan fingerprint density at radius 1 is 1.13 bits per heavy atom. The summed E-state index contributed by atoms with van der Waals surface area (Å²) < 4.78 is 1.97. The number of piperazine rings is 1. The van der Waals surface area contributed by atoms with E-state index in [4.69, 9.17) is 0 Å². The molecular formula is C22H27N5O2S. The van der Waals surface area contributed by atoms with Crippen molar-refractivity contribution in [2.24, 2.45) is 0 Å². The number of amides is 2. The normalized spacial score (nSPS) is 19.6. The molecule has 3 heterocycles. The minimum atomic E-state index is -0.391. The van der Waals surface area contributed by atoms with E-state index in [0.717, 1.165) is 36.0 Å². The van der Waals surface area contributed by atoms with E-state index in [9.17, 15) is 9.59 Å². The minimum absolute atomic E-state index is 0.0461. The van der Waals surface area contributed by atoms with Crippen LogP contribution in [0.2, 0.25) is 0 Å². The summed E-state index contributed by atoms with van der Waals surface area (Å²) in [7, 11) is 0. The quantitative estimate of drug-likeness (QED) is 0.701. The summed E-state index contributed by atoms with van der Waals surface area (Å²) in [5.74, 6) is 2.44. The van der Waals surface area contributed by atoms with Crippen LogP contribution < -0.4 is 4.90 Å². The number of para-hydroxylation sites is 1. The maximum Gasteiger partial charge on any atom is 0.246 e. The van der Waals surface area contributed by atoms with Crippen molar-refractivity contribution in [2.75, 3.05) is 49.1 Å². The lowest BCUT2D eigenvalue weighted by atomic mass is 10.2. The minimum Gasteiger partial charge on any atom is -0.353 e. The molecule has 0 spiro atoms. The summed E-state index contributed by atoms with van der Waals surface area (Å²) in [5.41, 5.74) is 1.99. The molecule has 0 saturated carbocycles. The molecule has 158 valence electrons. The van der Waals surface area contributed by atoms with Gasteiger partial charge in [0.15, 0.2) is 0 Å². The maximum atomic E-state index is 13.2. The summed E-state index contributed by atoms with van der Waals surface area (Å²) in [6.07, 6.45) is 1.31. The highest BCUT2D eigenvalue weighted by molar-refractivity contribution is 7.99. The van der Waals surface area contributed by atoms with Crippen LogP contribution >= 0.6 is 11.8 Å². The fourth-order valence-corrected chi connectivity index (χ4v) is 5.06. The van der Waals surface area contributed by atoms with E-state index < -0.39 is 6.04 Å². The highest BCUT2D eigenvalue weighted by atomic mass is 32.2. The standard InChI is InChI=1S/C22H27N5O2S/c1-3-21(28)26-13-14-30-16-19(26)22(29)25-11-9-24(10-12-25)20-15-17(2)23-27(20)18-7-5-4-6-8-18/h3-8,15,19H,1,9-14,16H2,2H3. The van der Waals surface area contributed by atoms with Crippen LogP contribution in [-0.2, 0) is 9.59 Å². The van der Waals surface area contributed by atoms with Gasteiger partial charge in [-0.2, -0.15) is 16.9 Å². The third-order valence-electron chi connectivity index (χ3n) is 5.60. The second kappa shape index (κ2) is 8.95. The van der Waals surface area contributed by atoms with Gasteiger partial charge in [0.25, 0.3) is 0 Å². The molecule has 30 heavy (non-hydrogen) atoms. The lowest BCUT2D eigenvalue weighted by Crippen LogP contribution is -2.58. The topological polar surface area (TPSA) is 61.7 Å². The number of hydrogen-bond donors (Lipinski definition) is 0. The first-order valence-corrected chi connectivity index (χ1v) is 11.4. The third-order valence-corrected chi connectivity index (χ3v) is 6.62. The van der Waals surface area contributed by atoms with Gasteiger partial charge in [0.05, 0.1) is 11.4 Å². The summed E-state index contributed by atoms with van der Waals surface area (Å²) in [6.45, 7) is 8.91. The van der Waals surface area contributed by atoms with Crippen molar-refractivity contribution in [3.05, 3.63) is 54.7 Å². The number of carbonyl (C=O) groups is 2. The molecular weight excluding hydrogens is 398 g/mol. The molecule has 0 aliphatic carbocycles. The lowest BCUT2D eigenvalue weighted by Gasteiger charge is -2.40. The molecule has 2 aliphatic heterocycles. The Morgan fingerprint density at radius 3 is 2.57 bits per heavy atom. The van der Waals surface area contributed by atoms with Gasteiger partial charge in [0.2, 0.25) is 11.8 Å². The lowest BCUT2D eigenvalue weighted by molar-refractivity contribution is -0.142. The van der Waals surface area contributed by atoms with Crippen molar-refractivity contribution in [1.29, 1.82) is 0 Å². The van der Waals surface area contributed by atoms with Crippen LogP contribution in [-0.4, -0.2) is 81.7 Å². The van der Waals surface area contributed by atoms with E-state index in [1.54, 1.807) is 16.7 Å². The van der Waals surface area contributed by atoms with Crippen LogP contribution in [0.4, 0.5) is 5.82 Å². The number of aryl methyl sites for hydroxylation is 1. The van der Waals surface area contributed by atoms with Crippen molar-refractivity contribution in [3.8, 4) is 5.69 Å². The van der Waals surface area contributed by atoms with E-state index in [0.29, 0.717) is 25.4 Å². The van der Waals surface area contributed by atoms with Crippen molar-refractivity contribution in [2.45, 2.75) is 13.0 Å². The van der Waals surface area contributed by atoms with Crippen molar-refractivity contribution >= 4 is 29.4 Å². The van der Waals surface area contributed by atoms with Gasteiger partial charge in [-0.3, -0.25) is 9.59 Å². The first-order valence-electron chi connectivity index (χ1n) is 10.2. The zero-order chi connectivity index (χ0) is 21.1. The molecule has 7 nitrogen and oxygen atoms in total. The Kier molecular flexibility index (Phi) is 6.13. The Morgan fingerprint density at radius 2 is 1.87 bits per heavy atom. The van der Waals surface area contributed by atoms with E-state index in [1.165, 1.54) is 6.08 Å². The van der Waals surface area contributed by atoms with Gasteiger partial charge in [0.1, 0.15) is 11.9 Å². The van der Waals surface area contributed by atoms with Crippen LogP contribution in [0.25, 0.3) is 5.69 Å². The molecule has 2 amide bonds. The maximum absolute atomic E-state index is 13.2. The van der Waals surface area contributed by atoms with Crippen molar-refractivity contribution < 1.29 is 9.59 Å². The van der Waals surface area contributed by atoms with E-state index in [-0.39, 0.29) is 11.8 Å². The molecule has 2 aromatic rings. The second-order valence-corrected chi connectivity index (χ2v) is 8.68. The predicted molar refractivity (Wildman–Crippen MR) is 120 cm³/mol. The number of aromatic nitrogens is 2. The fraction of sp³-hybridized carbons (Fsp3) is 0.409. The van der Waals surface area contributed by atoms with Gasteiger partial charge < -0.3 is 14.7 Å². The van der Waals surface area contributed by atoms with Gasteiger partial charge >= 0.3 is 0 Å². The molecule has 2 aliphatic rings. The monoisotopic (exact) mass is 425 g/mol. The molecule has 0 N–H and O–H groups in total. The number of nitrogens with zero attached hydrogens (tertiary/aromatic N) is 5. The Balaban J connectivity index is 1.45. The smallest absolute Gasteiger partial charge is 0.246 e. The fourth-order valence-electron chi connectivity index (χ4n) is 4.03. The van der Waals surface area contributed by atoms with Crippen LogP contribution in [0.3, 0.4) is 0 Å². The van der Waals surface area contributed by atoms with Gasteiger partial charge in [-0.25, -0.2) is 4.68 Å². The number of thioether (sulfide) groups is 1. The average molecular weight is 426 g/mol. The summed E-state index contributed by atoms with van der Waals surface area (Å²) >= 11 is 1.73. The number of rotatable bonds is 4. The molecule has 0 bridgehead atoms. The highest BCUT2D eigenvalue weighted by Gasteiger charge is 2.35. The molecule has 0 radical (unpaired) electrons. The van der Waals surface area contributed by atoms with Crippen LogP contribution in [0.15, 0.2) is 49.1 Å². The molecule has 2 saturated heterocycles. The van der Waals surface area contributed by atoms with Gasteiger partial charge in [-0.05, 0) is 25.1 Å². The van der Waals surface area contributed by atoms with E-state index in [2.05, 4.69) is 22.6 Å².